The minimum absolute atomic E-state index is 0.0636. The molecule has 0 amide bonds. The highest BCUT2D eigenvalue weighted by Crippen LogP contribution is 2.22. The van der Waals surface area contributed by atoms with Crippen molar-refractivity contribution in [3.63, 3.8) is 0 Å². The van der Waals surface area contributed by atoms with Crippen molar-refractivity contribution in [3.8, 4) is 0 Å². The molecule has 0 unspecified atom stereocenters. The molecule has 0 saturated carbocycles. The van der Waals surface area contributed by atoms with Crippen LogP contribution in [0.15, 0.2) is 22.7 Å². The first kappa shape index (κ1) is 13.1. The molecule has 0 aliphatic carbocycles. The largest absolute Gasteiger partial charge is 0.356 e. The number of hydrogen-bond acceptors (Lipinski definition) is 1. The lowest BCUT2D eigenvalue weighted by atomic mass is 10.0. The molecule has 1 aromatic carbocycles. The zero-order valence-corrected chi connectivity index (χ0v) is 12.6. The fourth-order valence-corrected chi connectivity index (χ4v) is 2.56. The van der Waals surface area contributed by atoms with Gasteiger partial charge in [0.05, 0.1) is 5.69 Å². The third kappa shape index (κ3) is 2.15. The van der Waals surface area contributed by atoms with Crippen molar-refractivity contribution in [3.05, 3.63) is 56.3 Å². The van der Waals surface area contributed by atoms with Crippen LogP contribution in [-0.4, -0.2) is 10.8 Å². The first-order valence-corrected chi connectivity index (χ1v) is 6.67. The van der Waals surface area contributed by atoms with Crippen molar-refractivity contribution in [1.82, 2.24) is 4.98 Å². The van der Waals surface area contributed by atoms with E-state index in [9.17, 15) is 4.79 Å². The van der Waals surface area contributed by atoms with Crippen molar-refractivity contribution < 1.29 is 4.79 Å². The van der Waals surface area contributed by atoms with Gasteiger partial charge in [-0.1, -0.05) is 15.9 Å². The fourth-order valence-electron chi connectivity index (χ4n) is 2.09. The zero-order chi connectivity index (χ0) is 13.4. The van der Waals surface area contributed by atoms with Gasteiger partial charge in [-0.15, -0.1) is 0 Å². The van der Waals surface area contributed by atoms with Gasteiger partial charge in [-0.3, -0.25) is 4.79 Å². The Morgan fingerprint density at radius 2 is 1.78 bits per heavy atom. The average Bonchev–Trinajstić information content (AvgIpc) is 2.56. The zero-order valence-electron chi connectivity index (χ0n) is 11.0. The van der Waals surface area contributed by atoms with Crippen molar-refractivity contribution in [2.75, 3.05) is 0 Å². The molecule has 0 bridgehead atoms. The van der Waals surface area contributed by atoms with E-state index >= 15 is 0 Å². The van der Waals surface area contributed by atoms with Gasteiger partial charge >= 0.3 is 0 Å². The van der Waals surface area contributed by atoms with Gasteiger partial charge in [-0.25, -0.2) is 0 Å². The molecule has 0 aliphatic heterocycles. The fraction of sp³-hybridized carbons (Fsp3) is 0.267. The summed E-state index contributed by atoms with van der Waals surface area (Å²) in [4.78, 5) is 15.7. The van der Waals surface area contributed by atoms with E-state index in [1.807, 2.05) is 45.9 Å². The first-order chi connectivity index (χ1) is 8.41. The number of carbonyl (C=O) groups is 1. The van der Waals surface area contributed by atoms with E-state index < -0.39 is 0 Å². The molecule has 18 heavy (non-hydrogen) atoms. The SMILES string of the molecule is Cc1cc(Br)ccc1C(=O)c1[nH]c(C)c(C)c1C. The monoisotopic (exact) mass is 305 g/mol. The Hall–Kier alpha value is -1.35. The number of aryl methyl sites for hydroxylation is 2. The van der Waals surface area contributed by atoms with Crippen LogP contribution in [0.1, 0.15) is 38.4 Å². The molecular weight excluding hydrogens is 290 g/mol. The molecule has 0 radical (unpaired) electrons. The summed E-state index contributed by atoms with van der Waals surface area (Å²) in [6.07, 6.45) is 0. The van der Waals surface area contributed by atoms with Gasteiger partial charge in [-0.05, 0) is 62.6 Å². The molecule has 0 atom stereocenters. The van der Waals surface area contributed by atoms with Crippen molar-refractivity contribution in [2.45, 2.75) is 27.7 Å². The molecule has 2 rings (SSSR count). The number of aromatic nitrogens is 1. The highest BCUT2D eigenvalue weighted by Gasteiger charge is 2.18. The lowest BCUT2D eigenvalue weighted by Crippen LogP contribution is -2.06. The molecule has 0 aliphatic rings. The summed E-state index contributed by atoms with van der Waals surface area (Å²) in [6, 6.07) is 5.73. The number of benzene rings is 1. The van der Waals surface area contributed by atoms with Crippen molar-refractivity contribution in [1.29, 1.82) is 0 Å². The summed E-state index contributed by atoms with van der Waals surface area (Å²) < 4.78 is 0.993. The number of H-pyrrole nitrogens is 1. The van der Waals surface area contributed by atoms with Crippen molar-refractivity contribution in [2.24, 2.45) is 0 Å². The summed E-state index contributed by atoms with van der Waals surface area (Å²) in [5, 5.41) is 0. The van der Waals surface area contributed by atoms with Gasteiger partial charge in [0.25, 0.3) is 0 Å². The second-order valence-electron chi connectivity index (χ2n) is 4.66. The molecule has 2 nitrogen and oxygen atoms in total. The molecule has 0 fully saturated rings. The molecule has 1 N–H and O–H groups in total. The van der Waals surface area contributed by atoms with Crippen LogP contribution in [-0.2, 0) is 0 Å². The Bertz CT molecular complexity index is 626. The minimum Gasteiger partial charge on any atom is -0.356 e. The van der Waals surface area contributed by atoms with E-state index in [0.717, 1.165) is 32.4 Å². The van der Waals surface area contributed by atoms with Crippen LogP contribution in [0.3, 0.4) is 0 Å². The number of hydrogen-bond donors (Lipinski definition) is 1. The number of aromatic amines is 1. The summed E-state index contributed by atoms with van der Waals surface area (Å²) in [5.74, 6) is 0.0636. The highest BCUT2D eigenvalue weighted by atomic mass is 79.9. The van der Waals surface area contributed by atoms with Crippen molar-refractivity contribution >= 4 is 21.7 Å². The van der Waals surface area contributed by atoms with E-state index in [0.29, 0.717) is 5.69 Å². The number of nitrogens with one attached hydrogen (secondary N) is 1. The Morgan fingerprint density at radius 3 is 2.28 bits per heavy atom. The van der Waals surface area contributed by atoms with Gasteiger partial charge in [-0.2, -0.15) is 0 Å². The summed E-state index contributed by atoms with van der Waals surface area (Å²) in [5.41, 5.74) is 5.70. The summed E-state index contributed by atoms with van der Waals surface area (Å²) in [6.45, 7) is 7.97. The van der Waals surface area contributed by atoms with Crippen LogP contribution in [0.25, 0.3) is 0 Å². The molecule has 0 saturated heterocycles. The van der Waals surface area contributed by atoms with Crippen LogP contribution in [0, 0.1) is 27.7 Å². The lowest BCUT2D eigenvalue weighted by Gasteiger charge is -2.05. The number of rotatable bonds is 2. The van der Waals surface area contributed by atoms with Crippen LogP contribution in [0.5, 0.6) is 0 Å². The predicted molar refractivity (Wildman–Crippen MR) is 77.3 cm³/mol. The molecule has 1 heterocycles. The van der Waals surface area contributed by atoms with Crippen LogP contribution in [0.4, 0.5) is 0 Å². The third-order valence-electron chi connectivity index (χ3n) is 3.47. The average molecular weight is 306 g/mol. The van der Waals surface area contributed by atoms with Crippen LogP contribution < -0.4 is 0 Å². The number of halogens is 1. The topological polar surface area (TPSA) is 32.9 Å². The number of carbonyl (C=O) groups excluding carboxylic acids is 1. The van der Waals surface area contributed by atoms with Gasteiger partial charge in [0, 0.05) is 15.7 Å². The molecular formula is C15H16BrNO. The highest BCUT2D eigenvalue weighted by molar-refractivity contribution is 9.10. The van der Waals surface area contributed by atoms with Crippen LogP contribution in [0.2, 0.25) is 0 Å². The smallest absolute Gasteiger partial charge is 0.209 e. The maximum atomic E-state index is 12.5. The minimum atomic E-state index is 0.0636. The number of ketones is 1. The molecule has 2 aromatic rings. The van der Waals surface area contributed by atoms with Gasteiger partial charge in [0.15, 0.2) is 0 Å². The summed E-state index contributed by atoms with van der Waals surface area (Å²) in [7, 11) is 0. The molecule has 94 valence electrons. The Labute approximate surface area is 116 Å². The van der Waals surface area contributed by atoms with E-state index in [4.69, 9.17) is 0 Å². The lowest BCUT2D eigenvalue weighted by molar-refractivity contribution is 0.103. The summed E-state index contributed by atoms with van der Waals surface area (Å²) >= 11 is 3.41. The molecule has 0 spiro atoms. The second-order valence-corrected chi connectivity index (χ2v) is 5.58. The molecule has 1 aromatic heterocycles. The molecule has 3 heteroatoms. The van der Waals surface area contributed by atoms with E-state index in [1.54, 1.807) is 0 Å². The quantitative estimate of drug-likeness (QED) is 0.827. The maximum Gasteiger partial charge on any atom is 0.209 e. The van der Waals surface area contributed by atoms with Crippen LogP contribution >= 0.6 is 15.9 Å². The normalized spacial score (nSPS) is 10.7. The second kappa shape index (κ2) is 4.73. The van der Waals surface area contributed by atoms with Gasteiger partial charge in [0.1, 0.15) is 0 Å². The van der Waals surface area contributed by atoms with E-state index in [-0.39, 0.29) is 5.78 Å². The Morgan fingerprint density at radius 1 is 1.11 bits per heavy atom. The predicted octanol–water partition coefficient (Wildman–Crippen LogP) is 4.24. The first-order valence-electron chi connectivity index (χ1n) is 5.88. The Kier molecular flexibility index (Phi) is 3.44. The maximum absolute atomic E-state index is 12.5. The van der Waals surface area contributed by atoms with Gasteiger partial charge in [0.2, 0.25) is 5.78 Å². The Balaban J connectivity index is 2.51. The standard InChI is InChI=1S/C15H16BrNO/c1-8-7-12(16)5-6-13(8)15(18)14-10(3)9(2)11(4)17-14/h5-7,17H,1-4H3. The van der Waals surface area contributed by atoms with Gasteiger partial charge < -0.3 is 4.98 Å². The van der Waals surface area contributed by atoms with E-state index in [1.165, 1.54) is 0 Å². The van der Waals surface area contributed by atoms with E-state index in [2.05, 4.69) is 20.9 Å². The third-order valence-corrected chi connectivity index (χ3v) is 3.97.